The summed E-state index contributed by atoms with van der Waals surface area (Å²) in [5.41, 5.74) is 0. The standard InChI is InChI=1S/C14H29N3O3S/c1-12-7-6-8-13(9-10-15(2)3)17(12)14(18)11-16(4)21(5,19)20/h12-13H,6-11H2,1-5H3. The van der Waals surface area contributed by atoms with Crippen molar-refractivity contribution in [3.63, 3.8) is 0 Å². The van der Waals surface area contributed by atoms with Gasteiger partial charge in [-0.05, 0) is 53.2 Å². The zero-order chi connectivity index (χ0) is 16.2. The third-order valence-corrected chi connectivity index (χ3v) is 5.41. The molecule has 7 heteroatoms. The smallest absolute Gasteiger partial charge is 0.238 e. The van der Waals surface area contributed by atoms with Crippen LogP contribution in [0.4, 0.5) is 0 Å². The molecule has 1 heterocycles. The van der Waals surface area contributed by atoms with Crippen LogP contribution >= 0.6 is 0 Å². The van der Waals surface area contributed by atoms with E-state index >= 15 is 0 Å². The molecule has 1 amide bonds. The van der Waals surface area contributed by atoms with Crippen LogP contribution < -0.4 is 0 Å². The number of carbonyl (C=O) groups is 1. The van der Waals surface area contributed by atoms with Crippen LogP contribution in [0.3, 0.4) is 0 Å². The Morgan fingerprint density at radius 3 is 2.38 bits per heavy atom. The van der Waals surface area contributed by atoms with Gasteiger partial charge in [0.25, 0.3) is 0 Å². The first-order valence-electron chi connectivity index (χ1n) is 7.50. The molecule has 1 aliphatic rings. The number of sulfonamides is 1. The van der Waals surface area contributed by atoms with Crippen LogP contribution in [0.2, 0.25) is 0 Å². The van der Waals surface area contributed by atoms with E-state index < -0.39 is 10.0 Å². The molecule has 0 radical (unpaired) electrons. The monoisotopic (exact) mass is 319 g/mol. The Labute approximate surface area is 129 Å². The van der Waals surface area contributed by atoms with Gasteiger partial charge in [-0.1, -0.05) is 0 Å². The van der Waals surface area contributed by atoms with E-state index in [1.807, 2.05) is 19.0 Å². The second-order valence-electron chi connectivity index (χ2n) is 6.35. The molecule has 0 aliphatic carbocycles. The van der Waals surface area contributed by atoms with Gasteiger partial charge in [-0.2, -0.15) is 4.31 Å². The molecule has 1 saturated heterocycles. The number of piperidine rings is 1. The number of carbonyl (C=O) groups excluding carboxylic acids is 1. The molecule has 0 aromatic carbocycles. The zero-order valence-corrected chi connectivity index (χ0v) is 14.7. The predicted molar refractivity (Wildman–Crippen MR) is 84.6 cm³/mol. The second-order valence-corrected chi connectivity index (χ2v) is 8.44. The van der Waals surface area contributed by atoms with Crippen molar-refractivity contribution in [1.29, 1.82) is 0 Å². The molecule has 0 saturated carbocycles. The van der Waals surface area contributed by atoms with Gasteiger partial charge in [0.1, 0.15) is 0 Å². The molecule has 0 spiro atoms. The topological polar surface area (TPSA) is 60.9 Å². The Kier molecular flexibility index (Phi) is 6.62. The number of amides is 1. The van der Waals surface area contributed by atoms with E-state index in [9.17, 15) is 13.2 Å². The van der Waals surface area contributed by atoms with Gasteiger partial charge in [0.15, 0.2) is 0 Å². The molecule has 124 valence electrons. The van der Waals surface area contributed by atoms with Crippen molar-refractivity contribution < 1.29 is 13.2 Å². The molecular weight excluding hydrogens is 290 g/mol. The Bertz CT molecular complexity index is 450. The molecule has 0 bridgehead atoms. The van der Waals surface area contributed by atoms with E-state index in [1.165, 1.54) is 7.05 Å². The van der Waals surface area contributed by atoms with Crippen LogP contribution in [0.25, 0.3) is 0 Å². The number of hydrogen-bond acceptors (Lipinski definition) is 4. The average Bonchev–Trinajstić information content (AvgIpc) is 2.34. The minimum absolute atomic E-state index is 0.0678. The first-order chi connectivity index (χ1) is 9.62. The highest BCUT2D eigenvalue weighted by Crippen LogP contribution is 2.25. The van der Waals surface area contributed by atoms with E-state index in [1.54, 1.807) is 0 Å². The van der Waals surface area contributed by atoms with Crippen molar-refractivity contribution in [2.24, 2.45) is 0 Å². The Morgan fingerprint density at radius 1 is 1.24 bits per heavy atom. The van der Waals surface area contributed by atoms with Crippen molar-refractivity contribution >= 4 is 15.9 Å². The summed E-state index contributed by atoms with van der Waals surface area (Å²) in [6.07, 6.45) is 5.19. The number of hydrogen-bond donors (Lipinski definition) is 0. The second kappa shape index (κ2) is 7.56. The minimum Gasteiger partial charge on any atom is -0.336 e. The SMILES string of the molecule is CC1CCCC(CCN(C)C)N1C(=O)CN(C)S(C)(=O)=O. The normalized spacial score (nSPS) is 23.9. The highest BCUT2D eigenvalue weighted by molar-refractivity contribution is 7.88. The summed E-state index contributed by atoms with van der Waals surface area (Å²) in [6, 6.07) is 0.406. The molecule has 0 N–H and O–H groups in total. The third-order valence-electron chi connectivity index (χ3n) is 4.15. The molecule has 0 aromatic heterocycles. The Hall–Kier alpha value is -0.660. The number of rotatable bonds is 6. The van der Waals surface area contributed by atoms with Crippen molar-refractivity contribution in [3.05, 3.63) is 0 Å². The highest BCUT2D eigenvalue weighted by atomic mass is 32.2. The minimum atomic E-state index is -3.32. The Morgan fingerprint density at radius 2 is 1.86 bits per heavy atom. The molecule has 2 unspecified atom stereocenters. The van der Waals surface area contributed by atoms with E-state index in [2.05, 4.69) is 11.8 Å². The zero-order valence-electron chi connectivity index (χ0n) is 13.9. The van der Waals surface area contributed by atoms with Crippen LogP contribution in [0.15, 0.2) is 0 Å². The quantitative estimate of drug-likeness (QED) is 0.719. The van der Waals surface area contributed by atoms with Crippen molar-refractivity contribution in [2.75, 3.05) is 40.5 Å². The van der Waals surface area contributed by atoms with Crippen LogP contribution in [0.1, 0.15) is 32.6 Å². The van der Waals surface area contributed by atoms with Crippen molar-refractivity contribution in [1.82, 2.24) is 14.1 Å². The predicted octanol–water partition coefficient (Wildman–Crippen LogP) is 0.599. The summed E-state index contributed by atoms with van der Waals surface area (Å²) in [5.74, 6) is -0.0844. The van der Waals surface area contributed by atoms with E-state index in [4.69, 9.17) is 0 Å². The molecule has 21 heavy (non-hydrogen) atoms. The fraction of sp³-hybridized carbons (Fsp3) is 0.929. The van der Waals surface area contributed by atoms with Gasteiger partial charge < -0.3 is 9.80 Å². The number of nitrogens with zero attached hydrogens (tertiary/aromatic N) is 3. The maximum Gasteiger partial charge on any atom is 0.238 e. The largest absolute Gasteiger partial charge is 0.336 e. The lowest BCUT2D eigenvalue weighted by atomic mass is 9.94. The first-order valence-corrected chi connectivity index (χ1v) is 9.35. The maximum absolute atomic E-state index is 12.5. The van der Waals surface area contributed by atoms with Crippen LogP contribution in [-0.2, 0) is 14.8 Å². The molecule has 1 fully saturated rings. The lowest BCUT2D eigenvalue weighted by Gasteiger charge is -2.41. The van der Waals surface area contributed by atoms with Gasteiger partial charge in [-0.15, -0.1) is 0 Å². The van der Waals surface area contributed by atoms with Gasteiger partial charge in [-0.25, -0.2) is 8.42 Å². The average molecular weight is 319 g/mol. The summed E-state index contributed by atoms with van der Waals surface area (Å²) in [4.78, 5) is 16.6. The first kappa shape index (κ1) is 18.4. The fourth-order valence-electron chi connectivity index (χ4n) is 2.82. The summed E-state index contributed by atoms with van der Waals surface area (Å²) < 4.78 is 24.1. The summed E-state index contributed by atoms with van der Waals surface area (Å²) in [6.45, 7) is 2.92. The summed E-state index contributed by atoms with van der Waals surface area (Å²) in [7, 11) is 2.18. The molecule has 1 aliphatic heterocycles. The van der Waals surface area contributed by atoms with Crippen LogP contribution in [0.5, 0.6) is 0 Å². The number of likely N-dealkylation sites (tertiary alicyclic amines) is 1. The van der Waals surface area contributed by atoms with Gasteiger partial charge >= 0.3 is 0 Å². The van der Waals surface area contributed by atoms with E-state index in [0.717, 1.165) is 42.8 Å². The van der Waals surface area contributed by atoms with Gasteiger partial charge in [0, 0.05) is 19.1 Å². The van der Waals surface area contributed by atoms with E-state index in [0.29, 0.717) is 0 Å². The van der Waals surface area contributed by atoms with Gasteiger partial charge in [0.2, 0.25) is 15.9 Å². The maximum atomic E-state index is 12.5. The van der Waals surface area contributed by atoms with Gasteiger partial charge in [0.05, 0.1) is 12.8 Å². The lowest BCUT2D eigenvalue weighted by molar-refractivity contribution is -0.138. The molecule has 0 aromatic rings. The third kappa shape index (κ3) is 5.56. The number of likely N-dealkylation sites (N-methyl/N-ethyl adjacent to an activating group) is 1. The fourth-order valence-corrected chi connectivity index (χ4v) is 3.16. The highest BCUT2D eigenvalue weighted by Gasteiger charge is 2.32. The Balaban J connectivity index is 2.75. The molecule has 1 rings (SSSR count). The molecular formula is C14H29N3O3S. The van der Waals surface area contributed by atoms with Crippen molar-refractivity contribution in [3.8, 4) is 0 Å². The summed E-state index contributed by atoms with van der Waals surface area (Å²) in [5, 5.41) is 0. The lowest BCUT2D eigenvalue weighted by Crippen LogP contribution is -2.52. The van der Waals surface area contributed by atoms with Crippen LogP contribution in [0, 0.1) is 0 Å². The van der Waals surface area contributed by atoms with Gasteiger partial charge in [-0.3, -0.25) is 4.79 Å². The summed E-state index contributed by atoms with van der Waals surface area (Å²) >= 11 is 0. The molecule has 2 atom stereocenters. The molecule has 6 nitrogen and oxygen atoms in total. The van der Waals surface area contributed by atoms with Crippen molar-refractivity contribution in [2.45, 2.75) is 44.7 Å². The van der Waals surface area contributed by atoms with Crippen LogP contribution in [-0.4, -0.2) is 81.0 Å². The van der Waals surface area contributed by atoms with E-state index in [-0.39, 0.29) is 24.5 Å².